The maximum Gasteiger partial charge on any atom is 0.326 e. The van der Waals surface area contributed by atoms with Gasteiger partial charge in [-0.2, -0.15) is 11.8 Å². The van der Waals surface area contributed by atoms with E-state index in [9.17, 15) is 38.4 Å². The van der Waals surface area contributed by atoms with Crippen LogP contribution in [0.25, 0.3) is 0 Å². The van der Waals surface area contributed by atoms with Gasteiger partial charge in [-0.05, 0) is 12.8 Å². The van der Waals surface area contributed by atoms with Crippen molar-refractivity contribution < 1.29 is 58.0 Å². The third-order valence-electron chi connectivity index (χ3n) is 11.0. The summed E-state index contributed by atoms with van der Waals surface area (Å²) in [5.74, 6) is -6.51. The molecule has 0 aliphatic rings. The van der Waals surface area contributed by atoms with Crippen molar-refractivity contribution in [3.63, 3.8) is 0 Å². The number of amides is 4. The van der Waals surface area contributed by atoms with Crippen LogP contribution in [-0.2, 0) is 47.8 Å². The average molecular weight is 958 g/mol. The molecule has 0 fully saturated rings. The van der Waals surface area contributed by atoms with E-state index in [0.717, 1.165) is 44.9 Å². The molecule has 0 aromatic heterocycles. The first-order valence-corrected chi connectivity index (χ1v) is 26.2. The summed E-state index contributed by atoms with van der Waals surface area (Å²) in [6.07, 6.45) is 30.1. The van der Waals surface area contributed by atoms with Gasteiger partial charge in [0, 0.05) is 24.3 Å². The molecular formula is C48H87N5O12S. The molecule has 0 aromatic carbocycles. The summed E-state index contributed by atoms with van der Waals surface area (Å²) in [5, 5.41) is 26.5. The molecule has 66 heavy (non-hydrogen) atoms. The van der Waals surface area contributed by atoms with E-state index in [4.69, 9.17) is 25.4 Å². The minimum Gasteiger partial charge on any atom is -0.481 e. The van der Waals surface area contributed by atoms with Crippen LogP contribution in [0.4, 0.5) is 0 Å². The first-order valence-electron chi connectivity index (χ1n) is 25.0. The van der Waals surface area contributed by atoms with Crippen molar-refractivity contribution in [2.24, 2.45) is 5.73 Å². The van der Waals surface area contributed by atoms with Gasteiger partial charge in [0.05, 0.1) is 32.1 Å². The van der Waals surface area contributed by atoms with E-state index in [0.29, 0.717) is 6.42 Å². The van der Waals surface area contributed by atoms with Gasteiger partial charge in [0.1, 0.15) is 18.8 Å². The zero-order valence-corrected chi connectivity index (χ0v) is 41.3. The van der Waals surface area contributed by atoms with Crippen molar-refractivity contribution in [2.75, 3.05) is 37.7 Å². The van der Waals surface area contributed by atoms with Crippen LogP contribution in [-0.4, -0.2) is 114 Å². The molecule has 0 radical (unpaired) electrons. The second-order valence-corrected chi connectivity index (χ2v) is 18.3. The number of carbonyl (C=O) groups excluding carboxylic acids is 6. The molecule has 0 aliphatic carbocycles. The molecule has 0 aliphatic heterocycles. The van der Waals surface area contributed by atoms with Gasteiger partial charge in [0.15, 0.2) is 0 Å². The van der Waals surface area contributed by atoms with Crippen LogP contribution in [0.2, 0.25) is 0 Å². The van der Waals surface area contributed by atoms with Gasteiger partial charge in [-0.25, -0.2) is 4.79 Å². The molecular weight excluding hydrogens is 871 g/mol. The van der Waals surface area contributed by atoms with E-state index in [1.54, 1.807) is 0 Å². The summed E-state index contributed by atoms with van der Waals surface area (Å²) in [6, 6.07) is -2.73. The number of nitrogens with two attached hydrogens (primary N) is 1. The molecule has 0 bridgehead atoms. The normalized spacial score (nSPS) is 12.3. The predicted molar refractivity (Wildman–Crippen MR) is 258 cm³/mol. The van der Waals surface area contributed by atoms with Crippen LogP contribution >= 0.6 is 11.8 Å². The molecule has 0 spiro atoms. The number of aliphatic carboxylic acids is 2. The first-order chi connectivity index (χ1) is 31.8. The Morgan fingerprint density at radius 3 is 1.33 bits per heavy atom. The Bertz CT molecular complexity index is 1360. The molecule has 17 nitrogen and oxygen atoms in total. The Labute approximate surface area is 399 Å². The molecule has 0 saturated heterocycles. The van der Waals surface area contributed by atoms with Gasteiger partial charge in [-0.3, -0.25) is 33.6 Å². The summed E-state index contributed by atoms with van der Waals surface area (Å²) < 4.78 is 11.3. The average Bonchev–Trinajstić information content (AvgIpc) is 3.28. The summed E-state index contributed by atoms with van der Waals surface area (Å²) in [5.41, 5.74) is 6.06. The number of carboxylic acids is 2. The number of nitrogens with one attached hydrogen (secondary N) is 4. The minimum atomic E-state index is -1.68. The second-order valence-electron chi connectivity index (χ2n) is 17.3. The van der Waals surface area contributed by atoms with Gasteiger partial charge in [0.2, 0.25) is 23.6 Å². The fraction of sp³-hybridized carbons (Fsp3) is 0.833. The molecule has 8 N–H and O–H groups in total. The van der Waals surface area contributed by atoms with E-state index in [1.165, 1.54) is 127 Å². The molecule has 0 heterocycles. The molecule has 4 amide bonds. The summed E-state index contributed by atoms with van der Waals surface area (Å²) in [4.78, 5) is 96.1. The van der Waals surface area contributed by atoms with Crippen LogP contribution in [0.3, 0.4) is 0 Å². The van der Waals surface area contributed by atoms with Crippen molar-refractivity contribution in [1.29, 1.82) is 0 Å². The lowest BCUT2D eigenvalue weighted by atomic mass is 10.0. The number of hydrogen-bond donors (Lipinski definition) is 7. The summed E-state index contributed by atoms with van der Waals surface area (Å²) in [6.45, 7) is 2.62. The van der Waals surface area contributed by atoms with E-state index in [-0.39, 0.29) is 42.9 Å². The molecule has 0 rings (SSSR count). The maximum atomic E-state index is 12.8. The van der Waals surface area contributed by atoms with Crippen LogP contribution in [0, 0.1) is 0 Å². The van der Waals surface area contributed by atoms with Crippen LogP contribution < -0.4 is 27.0 Å². The van der Waals surface area contributed by atoms with Crippen molar-refractivity contribution in [2.45, 2.75) is 218 Å². The molecule has 18 heteroatoms. The largest absolute Gasteiger partial charge is 0.481 e. The predicted octanol–water partition coefficient (Wildman–Crippen LogP) is 6.86. The number of carboxylic acid groups (broad SMARTS) is 2. The third kappa shape index (κ3) is 40.4. The molecule has 1 unspecified atom stereocenters. The number of unbranched alkanes of at least 4 members (excludes halogenated alkanes) is 24. The van der Waals surface area contributed by atoms with Gasteiger partial charge >= 0.3 is 23.9 Å². The number of thioether (sulfide) groups is 1. The minimum absolute atomic E-state index is 0.104. The Kier molecular flexibility index (Phi) is 41.0. The maximum absolute atomic E-state index is 12.8. The highest BCUT2D eigenvalue weighted by molar-refractivity contribution is 7.99. The van der Waals surface area contributed by atoms with Gasteiger partial charge in [0.25, 0.3) is 0 Å². The lowest BCUT2D eigenvalue weighted by Crippen LogP contribution is -2.49. The Hall–Kier alpha value is -3.93. The second kappa shape index (κ2) is 43.6. The number of carbonyl (C=O) groups is 8. The van der Waals surface area contributed by atoms with Gasteiger partial charge in [-0.15, -0.1) is 0 Å². The molecule has 0 saturated carbocycles. The Balaban J connectivity index is 4.69. The highest BCUT2D eigenvalue weighted by Gasteiger charge is 2.24. The number of rotatable bonds is 46. The van der Waals surface area contributed by atoms with Crippen molar-refractivity contribution in [3.8, 4) is 0 Å². The zero-order chi connectivity index (χ0) is 49.0. The van der Waals surface area contributed by atoms with Gasteiger partial charge < -0.3 is 46.7 Å². The van der Waals surface area contributed by atoms with Crippen molar-refractivity contribution in [3.05, 3.63) is 0 Å². The highest BCUT2D eigenvalue weighted by atomic mass is 32.2. The van der Waals surface area contributed by atoms with Crippen molar-refractivity contribution >= 4 is 59.3 Å². The first kappa shape index (κ1) is 62.1. The summed E-state index contributed by atoms with van der Waals surface area (Å²) >= 11 is 1.24. The smallest absolute Gasteiger partial charge is 0.326 e. The lowest BCUT2D eigenvalue weighted by Gasteiger charge is -2.19. The van der Waals surface area contributed by atoms with Crippen LogP contribution in [0.5, 0.6) is 0 Å². The molecule has 0 aromatic rings. The zero-order valence-electron chi connectivity index (χ0n) is 40.4. The standard InChI is InChI=1S/C48H87N5O12S/c1-3-5-7-9-11-13-15-17-19-21-23-25-27-29-45(59)64-35-38(65-46(60)30-28-26-24-22-20-18-16-14-12-10-8-6-4-2)36-66-37-39(49)47(61)52-33-42(55)50-32-41(54)51-34-43(56)53-40(48(62)63)31-44(57)58/h38-40H,3-37,49H2,1-2H3,(H,50,55)(H,51,54)(H,52,61)(H,53,56)(H,57,58)(H,62,63)/t38-,39+,40?/m1/s1. The monoisotopic (exact) mass is 958 g/mol. The SMILES string of the molecule is CCCCCCCCCCCCCCCC(=O)OC[C@H](CSC[C@H](N)C(=O)NCC(=O)NCC(=O)NCC(=O)NC(CC(=O)O)C(=O)O)OC(=O)CCCCCCCCCCCCCCC. The van der Waals surface area contributed by atoms with Crippen LogP contribution in [0.15, 0.2) is 0 Å². The quantitative estimate of drug-likeness (QED) is 0.0243. The fourth-order valence-electron chi connectivity index (χ4n) is 7.00. The van der Waals surface area contributed by atoms with Gasteiger partial charge in [-0.1, -0.05) is 168 Å². The van der Waals surface area contributed by atoms with E-state index in [2.05, 4.69) is 29.8 Å². The van der Waals surface area contributed by atoms with Crippen molar-refractivity contribution in [1.82, 2.24) is 21.3 Å². The lowest BCUT2D eigenvalue weighted by molar-refractivity contribution is -0.157. The summed E-state index contributed by atoms with van der Waals surface area (Å²) in [7, 11) is 0. The number of hydrogen-bond acceptors (Lipinski definition) is 12. The van der Waals surface area contributed by atoms with E-state index in [1.807, 2.05) is 5.32 Å². The topological polar surface area (TPSA) is 270 Å². The third-order valence-corrected chi connectivity index (χ3v) is 12.2. The Morgan fingerprint density at radius 1 is 0.515 bits per heavy atom. The fourth-order valence-corrected chi connectivity index (χ4v) is 7.97. The number of esters is 2. The van der Waals surface area contributed by atoms with E-state index >= 15 is 0 Å². The Morgan fingerprint density at radius 2 is 0.909 bits per heavy atom. The molecule has 382 valence electrons. The number of ether oxygens (including phenoxy) is 2. The molecule has 3 atom stereocenters. The highest BCUT2D eigenvalue weighted by Crippen LogP contribution is 2.16. The van der Waals surface area contributed by atoms with Crippen LogP contribution in [0.1, 0.15) is 200 Å². The van der Waals surface area contributed by atoms with E-state index < -0.39 is 79.8 Å².